The van der Waals surface area contributed by atoms with Crippen LogP contribution in [0.5, 0.6) is 0 Å². The maximum absolute atomic E-state index is 11.8. The zero-order chi connectivity index (χ0) is 17.6. The summed E-state index contributed by atoms with van der Waals surface area (Å²) in [6.07, 6.45) is 1.55. The first-order valence-electron chi connectivity index (χ1n) is 8.26. The van der Waals surface area contributed by atoms with E-state index in [1.807, 2.05) is 42.5 Å². The third-order valence-corrected chi connectivity index (χ3v) is 4.03. The van der Waals surface area contributed by atoms with Gasteiger partial charge in [-0.25, -0.2) is 0 Å². The summed E-state index contributed by atoms with van der Waals surface area (Å²) < 4.78 is 10.7. The Bertz CT molecular complexity index is 765. The highest BCUT2D eigenvalue weighted by molar-refractivity contribution is 5.97. The molecular weight excluding hydrogens is 322 g/mol. The first-order valence-corrected chi connectivity index (χ1v) is 8.26. The van der Waals surface area contributed by atoms with E-state index in [-0.39, 0.29) is 12.3 Å². The Kier molecular flexibility index (Phi) is 5.28. The van der Waals surface area contributed by atoms with E-state index in [0.29, 0.717) is 31.6 Å². The van der Waals surface area contributed by atoms with E-state index in [2.05, 4.69) is 0 Å². The molecule has 0 radical (unpaired) electrons. The molecule has 0 aliphatic carbocycles. The molecule has 1 saturated heterocycles. The van der Waals surface area contributed by atoms with Crippen molar-refractivity contribution in [1.82, 2.24) is 4.90 Å². The predicted octanol–water partition coefficient (Wildman–Crippen LogP) is 2.57. The zero-order valence-electron chi connectivity index (χ0n) is 13.8. The van der Waals surface area contributed by atoms with Gasteiger partial charge in [0.25, 0.3) is 5.91 Å². The Hall–Kier alpha value is -2.89. The van der Waals surface area contributed by atoms with Gasteiger partial charge < -0.3 is 9.15 Å². The van der Waals surface area contributed by atoms with Crippen molar-refractivity contribution in [2.75, 3.05) is 13.2 Å². The molecule has 1 fully saturated rings. The smallest absolute Gasteiger partial charge is 0.306 e. The Balaban J connectivity index is 1.44. The number of hydrogen-bond donors (Lipinski definition) is 0. The van der Waals surface area contributed by atoms with Gasteiger partial charge in [0, 0.05) is 24.9 Å². The third-order valence-electron chi connectivity index (χ3n) is 4.03. The number of nitrogens with zero attached hydrogens (tertiary/aromatic N) is 1. The first kappa shape index (κ1) is 17.0. The number of rotatable bonds is 6. The molecule has 1 aromatic carbocycles. The molecule has 1 aromatic heterocycles. The minimum atomic E-state index is -0.488. The Labute approximate surface area is 145 Å². The van der Waals surface area contributed by atoms with Crippen molar-refractivity contribution in [2.24, 2.45) is 0 Å². The van der Waals surface area contributed by atoms with Gasteiger partial charge in [0.1, 0.15) is 11.5 Å². The zero-order valence-corrected chi connectivity index (χ0v) is 13.8. The number of ether oxygens (including phenoxy) is 1. The summed E-state index contributed by atoms with van der Waals surface area (Å²) in [5.41, 5.74) is 0.970. The first-order chi connectivity index (χ1) is 12.1. The van der Waals surface area contributed by atoms with Gasteiger partial charge in [-0.1, -0.05) is 30.3 Å². The number of hydrogen-bond acceptors (Lipinski definition) is 5. The van der Waals surface area contributed by atoms with Crippen molar-refractivity contribution in [3.8, 4) is 11.3 Å². The summed E-state index contributed by atoms with van der Waals surface area (Å²) in [5, 5.41) is 0. The summed E-state index contributed by atoms with van der Waals surface area (Å²) in [4.78, 5) is 36.2. The molecule has 1 aliphatic heterocycles. The second kappa shape index (κ2) is 7.79. The molecule has 0 bridgehead atoms. The number of carbonyl (C=O) groups is 3. The Morgan fingerprint density at radius 2 is 1.92 bits per heavy atom. The second-order valence-corrected chi connectivity index (χ2v) is 5.84. The average molecular weight is 341 g/mol. The highest BCUT2D eigenvalue weighted by Crippen LogP contribution is 2.22. The number of likely N-dealkylation sites (tertiary alicyclic amines) is 1. The number of esters is 1. The van der Waals surface area contributed by atoms with Gasteiger partial charge >= 0.3 is 5.97 Å². The molecule has 0 atom stereocenters. The minimum Gasteiger partial charge on any atom is -0.461 e. The van der Waals surface area contributed by atoms with Gasteiger partial charge in [-0.05, 0) is 18.6 Å². The van der Waals surface area contributed by atoms with E-state index < -0.39 is 18.5 Å². The maximum atomic E-state index is 11.8. The summed E-state index contributed by atoms with van der Waals surface area (Å²) in [5.74, 6) is 0.270. The van der Waals surface area contributed by atoms with Crippen LogP contribution in [0.25, 0.3) is 11.3 Å². The molecule has 2 heterocycles. The van der Waals surface area contributed by atoms with Gasteiger partial charge in [-0.3, -0.25) is 19.3 Å². The van der Waals surface area contributed by atoms with Crippen LogP contribution in [-0.2, 0) is 25.5 Å². The van der Waals surface area contributed by atoms with E-state index in [9.17, 15) is 14.4 Å². The molecule has 0 unspecified atom stereocenters. The Morgan fingerprint density at radius 3 is 2.64 bits per heavy atom. The fourth-order valence-corrected chi connectivity index (χ4v) is 2.70. The van der Waals surface area contributed by atoms with Gasteiger partial charge in [0.05, 0.1) is 6.42 Å². The van der Waals surface area contributed by atoms with Crippen molar-refractivity contribution in [1.29, 1.82) is 0 Å². The lowest BCUT2D eigenvalue weighted by atomic mass is 10.2. The summed E-state index contributed by atoms with van der Waals surface area (Å²) in [6.45, 7) is 0.0157. The monoisotopic (exact) mass is 341 g/mol. The predicted molar refractivity (Wildman–Crippen MR) is 89.4 cm³/mol. The van der Waals surface area contributed by atoms with Crippen molar-refractivity contribution in [3.63, 3.8) is 0 Å². The fourth-order valence-electron chi connectivity index (χ4n) is 2.70. The highest BCUT2D eigenvalue weighted by Gasteiger charge is 2.26. The number of furan rings is 1. The highest BCUT2D eigenvalue weighted by atomic mass is 16.5. The molecular formula is C19H19NO5. The lowest BCUT2D eigenvalue weighted by Gasteiger charge is -2.13. The van der Waals surface area contributed by atoms with Crippen molar-refractivity contribution in [3.05, 3.63) is 48.2 Å². The van der Waals surface area contributed by atoms with E-state index in [0.717, 1.165) is 16.2 Å². The average Bonchev–Trinajstić information content (AvgIpc) is 3.27. The van der Waals surface area contributed by atoms with E-state index in [1.54, 1.807) is 0 Å². The molecule has 0 N–H and O–H groups in total. The molecule has 6 heteroatoms. The molecule has 2 amide bonds. The van der Waals surface area contributed by atoms with Crippen LogP contribution in [0, 0.1) is 0 Å². The summed E-state index contributed by atoms with van der Waals surface area (Å²) >= 11 is 0. The Morgan fingerprint density at radius 1 is 1.12 bits per heavy atom. The molecule has 3 rings (SSSR count). The fraction of sp³-hybridized carbons (Fsp3) is 0.316. The van der Waals surface area contributed by atoms with Crippen LogP contribution in [0.1, 0.15) is 25.0 Å². The van der Waals surface area contributed by atoms with E-state index in [4.69, 9.17) is 9.15 Å². The van der Waals surface area contributed by atoms with Crippen molar-refractivity contribution in [2.45, 2.75) is 25.7 Å². The van der Waals surface area contributed by atoms with Crippen LogP contribution >= 0.6 is 0 Å². The SMILES string of the molecule is O=C(CCc1ccc(-c2ccccc2)o1)OCC(=O)N1CCCC1=O. The van der Waals surface area contributed by atoms with Crippen LogP contribution in [0.2, 0.25) is 0 Å². The molecule has 0 spiro atoms. The van der Waals surface area contributed by atoms with Gasteiger partial charge in [0.2, 0.25) is 5.91 Å². The molecule has 2 aromatic rings. The number of aryl methyl sites for hydroxylation is 1. The van der Waals surface area contributed by atoms with E-state index >= 15 is 0 Å². The molecule has 1 aliphatic rings. The molecule has 130 valence electrons. The van der Waals surface area contributed by atoms with Crippen LogP contribution < -0.4 is 0 Å². The van der Waals surface area contributed by atoms with Gasteiger partial charge in [0.15, 0.2) is 6.61 Å². The maximum Gasteiger partial charge on any atom is 0.306 e. The number of benzene rings is 1. The number of amides is 2. The second-order valence-electron chi connectivity index (χ2n) is 5.84. The topological polar surface area (TPSA) is 76.8 Å². The largest absolute Gasteiger partial charge is 0.461 e. The lowest BCUT2D eigenvalue weighted by molar-refractivity contribution is -0.154. The minimum absolute atomic E-state index is 0.114. The molecule has 25 heavy (non-hydrogen) atoms. The van der Waals surface area contributed by atoms with E-state index in [1.165, 1.54) is 0 Å². The van der Waals surface area contributed by atoms with Crippen molar-refractivity contribution >= 4 is 17.8 Å². The summed E-state index contributed by atoms with van der Waals surface area (Å²) in [6, 6.07) is 13.4. The van der Waals surface area contributed by atoms with Gasteiger partial charge in [-0.15, -0.1) is 0 Å². The third kappa shape index (κ3) is 4.35. The molecule has 0 saturated carbocycles. The van der Waals surface area contributed by atoms with Crippen molar-refractivity contribution < 1.29 is 23.5 Å². The van der Waals surface area contributed by atoms with Crippen LogP contribution in [0.4, 0.5) is 0 Å². The van der Waals surface area contributed by atoms with Crippen LogP contribution in [-0.4, -0.2) is 35.8 Å². The standard InChI is InChI=1S/C19H19NO5/c21-17-7-4-12-20(17)18(22)13-24-19(23)11-9-15-8-10-16(25-15)14-5-2-1-3-6-14/h1-3,5-6,8,10H,4,7,9,11-13H2. The van der Waals surface area contributed by atoms with Crippen LogP contribution in [0.15, 0.2) is 46.9 Å². The lowest BCUT2D eigenvalue weighted by Crippen LogP contribution is -2.35. The number of imide groups is 1. The quantitative estimate of drug-likeness (QED) is 0.755. The van der Waals surface area contributed by atoms with Gasteiger partial charge in [-0.2, -0.15) is 0 Å². The summed E-state index contributed by atoms with van der Waals surface area (Å²) in [7, 11) is 0. The van der Waals surface area contributed by atoms with Crippen LogP contribution in [0.3, 0.4) is 0 Å². The molecule has 6 nitrogen and oxygen atoms in total. The normalized spacial score (nSPS) is 13.9. The number of carbonyl (C=O) groups excluding carboxylic acids is 3.